The van der Waals surface area contributed by atoms with Crippen LogP contribution in [-0.2, 0) is 0 Å². The Morgan fingerprint density at radius 1 is 0.583 bits per heavy atom. The zero-order chi connectivity index (χ0) is 16.2. The van der Waals surface area contributed by atoms with E-state index in [9.17, 15) is 0 Å². The van der Waals surface area contributed by atoms with Gasteiger partial charge in [0.2, 0.25) is 0 Å². The van der Waals surface area contributed by atoms with E-state index in [1.54, 1.807) is 6.21 Å². The minimum absolute atomic E-state index is 0.936. The Labute approximate surface area is 141 Å². The van der Waals surface area contributed by atoms with Gasteiger partial charge in [0, 0.05) is 17.3 Å². The van der Waals surface area contributed by atoms with Crippen LogP contribution in [0.5, 0.6) is 0 Å². The zero-order valence-electron chi connectivity index (χ0n) is 13.1. The molecule has 0 saturated heterocycles. The van der Waals surface area contributed by atoms with Gasteiger partial charge in [-0.2, -0.15) is 5.10 Å². The van der Waals surface area contributed by atoms with Crippen molar-refractivity contribution in [2.75, 3.05) is 0 Å². The molecule has 0 atom stereocenters. The Kier molecular flexibility index (Phi) is 3.86. The van der Waals surface area contributed by atoms with Crippen LogP contribution in [-0.4, -0.2) is 11.9 Å². The van der Waals surface area contributed by atoms with E-state index in [-0.39, 0.29) is 0 Å². The first-order valence-electron chi connectivity index (χ1n) is 7.95. The topological polar surface area (TPSA) is 24.7 Å². The van der Waals surface area contributed by atoms with Crippen LogP contribution in [0.2, 0.25) is 0 Å². The lowest BCUT2D eigenvalue weighted by Gasteiger charge is -1.97. The first-order valence-corrected chi connectivity index (χ1v) is 7.95. The van der Waals surface area contributed by atoms with Crippen molar-refractivity contribution in [2.45, 2.75) is 0 Å². The Morgan fingerprint density at radius 3 is 1.75 bits per heavy atom. The highest BCUT2D eigenvalue weighted by Gasteiger charge is 2.23. The fourth-order valence-corrected chi connectivity index (χ4v) is 2.95. The van der Waals surface area contributed by atoms with E-state index in [1.807, 2.05) is 42.5 Å². The van der Waals surface area contributed by atoms with Crippen LogP contribution < -0.4 is 0 Å². The second-order valence-corrected chi connectivity index (χ2v) is 5.57. The molecule has 0 spiro atoms. The standard InChI is InChI=1S/C22H16N2/c1-2-9-17(10-3-1)11-8-16-23-24-22-20-14-6-4-12-18(20)19-13-5-7-15-21(19)22/h1-16H/b11-8+,23-16-. The monoisotopic (exact) mass is 308 g/mol. The highest BCUT2D eigenvalue weighted by Crippen LogP contribution is 2.36. The lowest BCUT2D eigenvalue weighted by atomic mass is 10.1. The van der Waals surface area contributed by atoms with E-state index in [0.717, 1.165) is 22.4 Å². The molecule has 0 amide bonds. The Hall–Kier alpha value is -3.26. The summed E-state index contributed by atoms with van der Waals surface area (Å²) in [6, 6.07) is 26.8. The Morgan fingerprint density at radius 2 is 1.12 bits per heavy atom. The Balaban J connectivity index is 1.63. The van der Waals surface area contributed by atoms with E-state index >= 15 is 0 Å². The van der Waals surface area contributed by atoms with Crippen LogP contribution in [0.25, 0.3) is 17.2 Å². The van der Waals surface area contributed by atoms with Gasteiger partial charge in [-0.15, -0.1) is 5.10 Å². The van der Waals surface area contributed by atoms with Gasteiger partial charge in [-0.25, -0.2) is 0 Å². The predicted octanol–water partition coefficient (Wildman–Crippen LogP) is 5.20. The molecule has 0 bridgehead atoms. The highest BCUT2D eigenvalue weighted by molar-refractivity contribution is 6.24. The molecule has 0 fully saturated rings. The average molecular weight is 308 g/mol. The van der Waals surface area contributed by atoms with Gasteiger partial charge in [0.25, 0.3) is 0 Å². The quantitative estimate of drug-likeness (QED) is 0.367. The van der Waals surface area contributed by atoms with Crippen molar-refractivity contribution >= 4 is 18.0 Å². The molecule has 1 aliphatic rings. The normalized spacial score (nSPS) is 12.6. The number of benzene rings is 3. The summed E-state index contributed by atoms with van der Waals surface area (Å²) in [5.41, 5.74) is 6.81. The number of hydrogen-bond acceptors (Lipinski definition) is 2. The molecule has 2 nitrogen and oxygen atoms in total. The minimum Gasteiger partial charge on any atom is -0.159 e. The average Bonchev–Trinajstić information content (AvgIpc) is 2.97. The molecular weight excluding hydrogens is 292 g/mol. The third-order valence-electron chi connectivity index (χ3n) is 4.05. The van der Waals surface area contributed by atoms with Gasteiger partial charge in [0.05, 0.1) is 0 Å². The summed E-state index contributed by atoms with van der Waals surface area (Å²) in [5, 5.41) is 8.71. The van der Waals surface area contributed by atoms with E-state index in [1.165, 1.54) is 11.1 Å². The second-order valence-electron chi connectivity index (χ2n) is 5.57. The first-order chi connectivity index (χ1) is 11.9. The largest absolute Gasteiger partial charge is 0.159 e. The summed E-state index contributed by atoms with van der Waals surface area (Å²) in [5.74, 6) is 0. The van der Waals surface area contributed by atoms with Gasteiger partial charge in [0.1, 0.15) is 5.71 Å². The molecule has 0 heterocycles. The maximum atomic E-state index is 4.47. The third-order valence-corrected chi connectivity index (χ3v) is 4.05. The van der Waals surface area contributed by atoms with Gasteiger partial charge in [-0.05, 0) is 22.8 Å². The van der Waals surface area contributed by atoms with Crippen molar-refractivity contribution in [3.63, 3.8) is 0 Å². The molecule has 3 aromatic carbocycles. The molecular formula is C22H16N2. The van der Waals surface area contributed by atoms with E-state index in [0.29, 0.717) is 0 Å². The lowest BCUT2D eigenvalue weighted by molar-refractivity contribution is 1.25. The second kappa shape index (κ2) is 6.47. The van der Waals surface area contributed by atoms with Crippen LogP contribution in [0.4, 0.5) is 0 Å². The smallest absolute Gasteiger partial charge is 0.101 e. The summed E-state index contributed by atoms with van der Waals surface area (Å²) in [7, 11) is 0. The van der Waals surface area contributed by atoms with E-state index in [2.05, 4.69) is 58.7 Å². The van der Waals surface area contributed by atoms with Crippen LogP contribution in [0.15, 0.2) is 95.1 Å². The van der Waals surface area contributed by atoms with E-state index < -0.39 is 0 Å². The summed E-state index contributed by atoms with van der Waals surface area (Å²) >= 11 is 0. The number of rotatable bonds is 3. The van der Waals surface area contributed by atoms with Gasteiger partial charge in [-0.3, -0.25) is 0 Å². The van der Waals surface area contributed by atoms with Crippen molar-refractivity contribution in [1.29, 1.82) is 0 Å². The molecule has 1 aliphatic carbocycles. The number of nitrogens with zero attached hydrogens (tertiary/aromatic N) is 2. The predicted molar refractivity (Wildman–Crippen MR) is 101 cm³/mol. The molecule has 2 heteroatoms. The minimum atomic E-state index is 0.936. The first kappa shape index (κ1) is 14.3. The highest BCUT2D eigenvalue weighted by atomic mass is 15.2. The summed E-state index contributed by atoms with van der Waals surface area (Å²) in [6.07, 6.45) is 5.65. The molecule has 4 rings (SSSR count). The van der Waals surface area contributed by atoms with E-state index in [4.69, 9.17) is 0 Å². The van der Waals surface area contributed by atoms with Crippen LogP contribution in [0.1, 0.15) is 16.7 Å². The van der Waals surface area contributed by atoms with Crippen LogP contribution in [0.3, 0.4) is 0 Å². The molecule has 0 radical (unpaired) electrons. The van der Waals surface area contributed by atoms with Gasteiger partial charge in [0.15, 0.2) is 0 Å². The Bertz CT molecular complexity index is 903. The van der Waals surface area contributed by atoms with Crippen molar-refractivity contribution in [3.05, 3.63) is 102 Å². The SMILES string of the molecule is C(/C=C/c1ccccc1)=N/N=C1c2ccccc2-c2ccccc21. The summed E-state index contributed by atoms with van der Waals surface area (Å²) < 4.78 is 0. The molecule has 3 aromatic rings. The van der Waals surface area contributed by atoms with Crippen molar-refractivity contribution in [1.82, 2.24) is 0 Å². The zero-order valence-corrected chi connectivity index (χ0v) is 13.1. The number of fused-ring (bicyclic) bond motifs is 3. The lowest BCUT2D eigenvalue weighted by Crippen LogP contribution is -1.96. The molecule has 0 saturated carbocycles. The summed E-state index contributed by atoms with van der Waals surface area (Å²) in [4.78, 5) is 0. The van der Waals surface area contributed by atoms with Crippen LogP contribution >= 0.6 is 0 Å². The van der Waals surface area contributed by atoms with Crippen molar-refractivity contribution in [3.8, 4) is 11.1 Å². The molecule has 0 N–H and O–H groups in total. The van der Waals surface area contributed by atoms with Gasteiger partial charge >= 0.3 is 0 Å². The number of allylic oxidation sites excluding steroid dienone is 1. The summed E-state index contributed by atoms with van der Waals surface area (Å²) in [6.45, 7) is 0. The van der Waals surface area contributed by atoms with Gasteiger partial charge in [-0.1, -0.05) is 84.9 Å². The molecule has 0 unspecified atom stereocenters. The molecule has 114 valence electrons. The maximum absolute atomic E-state index is 4.47. The molecule has 24 heavy (non-hydrogen) atoms. The number of hydrogen-bond donors (Lipinski definition) is 0. The third kappa shape index (κ3) is 2.70. The van der Waals surface area contributed by atoms with Crippen molar-refractivity contribution in [2.24, 2.45) is 10.2 Å². The maximum Gasteiger partial charge on any atom is 0.101 e. The van der Waals surface area contributed by atoms with Crippen molar-refractivity contribution < 1.29 is 0 Å². The fourth-order valence-electron chi connectivity index (χ4n) is 2.95. The van der Waals surface area contributed by atoms with Gasteiger partial charge < -0.3 is 0 Å². The molecule has 0 aromatic heterocycles. The molecule has 0 aliphatic heterocycles. The fraction of sp³-hybridized carbons (Fsp3) is 0. The van der Waals surface area contributed by atoms with Crippen LogP contribution in [0, 0.1) is 0 Å².